The molecular weight excluding hydrogens is 328 g/mol. The topological polar surface area (TPSA) is 40.6 Å². The van der Waals surface area contributed by atoms with Crippen LogP contribution in [0, 0.1) is 0 Å². The van der Waals surface area contributed by atoms with E-state index in [9.17, 15) is 8.42 Å². The Kier molecular flexibility index (Phi) is 5.00. The van der Waals surface area contributed by atoms with Gasteiger partial charge >= 0.3 is 0 Å². The summed E-state index contributed by atoms with van der Waals surface area (Å²) in [4.78, 5) is 2.15. The highest BCUT2D eigenvalue weighted by Gasteiger charge is 2.25. The van der Waals surface area contributed by atoms with E-state index in [4.69, 9.17) is 0 Å². The Labute approximate surface area is 123 Å². The average molecular weight is 347 g/mol. The Balaban J connectivity index is 1.92. The lowest BCUT2D eigenvalue weighted by atomic mass is 10.2. The molecule has 4 nitrogen and oxygen atoms in total. The van der Waals surface area contributed by atoms with Crippen molar-refractivity contribution in [3.8, 4) is 0 Å². The van der Waals surface area contributed by atoms with Crippen molar-refractivity contribution in [2.24, 2.45) is 0 Å². The van der Waals surface area contributed by atoms with E-state index in [1.165, 1.54) is 0 Å². The summed E-state index contributed by atoms with van der Waals surface area (Å²) in [5.41, 5.74) is 1.06. The van der Waals surface area contributed by atoms with Gasteiger partial charge in [-0.1, -0.05) is 28.1 Å². The van der Waals surface area contributed by atoms with Gasteiger partial charge in [0.15, 0.2) is 0 Å². The standard InChI is InChI=1S/C13H19BrN2O2S/c1-15-7-9-16(10-8-15)19(17,18)11-6-12-2-4-13(14)5-3-12/h2-5H,6-11H2,1H3. The zero-order valence-electron chi connectivity index (χ0n) is 11.0. The van der Waals surface area contributed by atoms with Gasteiger partial charge in [-0.15, -0.1) is 0 Å². The lowest BCUT2D eigenvalue weighted by molar-refractivity contribution is 0.222. The van der Waals surface area contributed by atoms with Crippen molar-refractivity contribution in [2.45, 2.75) is 6.42 Å². The third-order valence-electron chi connectivity index (χ3n) is 3.42. The molecular formula is C13H19BrN2O2S. The van der Waals surface area contributed by atoms with E-state index in [1.54, 1.807) is 4.31 Å². The molecule has 0 spiro atoms. The summed E-state index contributed by atoms with van der Waals surface area (Å²) in [6, 6.07) is 7.81. The molecule has 2 rings (SSSR count). The minimum absolute atomic E-state index is 0.193. The summed E-state index contributed by atoms with van der Waals surface area (Å²) >= 11 is 3.37. The van der Waals surface area contributed by atoms with E-state index in [1.807, 2.05) is 31.3 Å². The van der Waals surface area contributed by atoms with E-state index in [0.29, 0.717) is 19.5 Å². The molecule has 0 saturated carbocycles. The van der Waals surface area contributed by atoms with Gasteiger partial charge in [-0.3, -0.25) is 0 Å². The van der Waals surface area contributed by atoms with E-state index < -0.39 is 10.0 Å². The normalized spacial score (nSPS) is 18.6. The molecule has 0 aromatic heterocycles. The average Bonchev–Trinajstić information content (AvgIpc) is 2.39. The third kappa shape index (κ3) is 4.27. The van der Waals surface area contributed by atoms with Crippen molar-refractivity contribution >= 4 is 26.0 Å². The fourth-order valence-corrected chi connectivity index (χ4v) is 3.83. The van der Waals surface area contributed by atoms with Crippen molar-refractivity contribution in [3.05, 3.63) is 34.3 Å². The van der Waals surface area contributed by atoms with Gasteiger partial charge in [0.25, 0.3) is 0 Å². The van der Waals surface area contributed by atoms with Crippen LogP contribution in [0.1, 0.15) is 5.56 Å². The maximum atomic E-state index is 12.2. The van der Waals surface area contributed by atoms with E-state index >= 15 is 0 Å². The first-order valence-corrected chi connectivity index (χ1v) is 8.78. The minimum Gasteiger partial charge on any atom is -0.304 e. The number of nitrogens with zero attached hydrogens (tertiary/aromatic N) is 2. The third-order valence-corrected chi connectivity index (χ3v) is 5.82. The molecule has 1 aliphatic heterocycles. The van der Waals surface area contributed by atoms with E-state index in [0.717, 1.165) is 23.1 Å². The second-order valence-corrected chi connectivity index (χ2v) is 7.90. The van der Waals surface area contributed by atoms with Crippen molar-refractivity contribution in [1.29, 1.82) is 0 Å². The second-order valence-electron chi connectivity index (χ2n) is 4.89. The lowest BCUT2D eigenvalue weighted by Gasteiger charge is -2.31. The molecule has 1 aromatic rings. The Morgan fingerprint density at radius 1 is 1.11 bits per heavy atom. The first-order chi connectivity index (χ1) is 8.97. The monoisotopic (exact) mass is 346 g/mol. The number of halogens is 1. The molecule has 1 fully saturated rings. The molecule has 0 N–H and O–H groups in total. The number of sulfonamides is 1. The van der Waals surface area contributed by atoms with Crippen LogP contribution in [0.25, 0.3) is 0 Å². The predicted octanol–water partition coefficient (Wildman–Crippen LogP) is 1.57. The molecule has 6 heteroatoms. The molecule has 0 amide bonds. The summed E-state index contributed by atoms with van der Waals surface area (Å²) < 4.78 is 27.1. The Hall–Kier alpha value is -0.430. The van der Waals surface area contributed by atoms with Crippen molar-refractivity contribution < 1.29 is 8.42 Å². The van der Waals surface area contributed by atoms with Crippen LogP contribution in [0.5, 0.6) is 0 Å². The maximum absolute atomic E-state index is 12.2. The summed E-state index contributed by atoms with van der Waals surface area (Å²) in [6.45, 7) is 2.85. The highest BCUT2D eigenvalue weighted by atomic mass is 79.9. The van der Waals surface area contributed by atoms with Gasteiger partial charge in [0, 0.05) is 30.7 Å². The fraction of sp³-hybridized carbons (Fsp3) is 0.538. The summed E-state index contributed by atoms with van der Waals surface area (Å²) in [5.74, 6) is 0.193. The highest BCUT2D eigenvalue weighted by molar-refractivity contribution is 9.10. The predicted molar refractivity (Wildman–Crippen MR) is 80.7 cm³/mol. The molecule has 0 unspecified atom stereocenters. The summed E-state index contributed by atoms with van der Waals surface area (Å²) in [5, 5.41) is 0. The van der Waals surface area contributed by atoms with Gasteiger partial charge in [-0.2, -0.15) is 4.31 Å². The second kappa shape index (κ2) is 6.35. The molecule has 1 aliphatic rings. The maximum Gasteiger partial charge on any atom is 0.214 e. The minimum atomic E-state index is -3.12. The van der Waals surface area contributed by atoms with Crippen LogP contribution in [-0.2, 0) is 16.4 Å². The van der Waals surface area contributed by atoms with Crippen LogP contribution in [0.4, 0.5) is 0 Å². The molecule has 19 heavy (non-hydrogen) atoms. The Morgan fingerprint density at radius 2 is 1.68 bits per heavy atom. The molecule has 0 radical (unpaired) electrons. The summed E-state index contributed by atoms with van der Waals surface area (Å²) in [7, 11) is -1.10. The number of piperazine rings is 1. The van der Waals surface area contributed by atoms with Crippen molar-refractivity contribution in [2.75, 3.05) is 39.0 Å². The number of hydrogen-bond donors (Lipinski definition) is 0. The molecule has 0 bridgehead atoms. The zero-order chi connectivity index (χ0) is 13.9. The Bertz CT molecular complexity index is 508. The number of aryl methyl sites for hydroxylation is 1. The molecule has 1 aromatic carbocycles. The zero-order valence-corrected chi connectivity index (χ0v) is 13.5. The van der Waals surface area contributed by atoms with E-state index in [2.05, 4.69) is 20.8 Å². The van der Waals surface area contributed by atoms with Gasteiger partial charge in [-0.05, 0) is 31.2 Å². The largest absolute Gasteiger partial charge is 0.304 e. The molecule has 0 atom stereocenters. The molecule has 1 heterocycles. The van der Waals surface area contributed by atoms with E-state index in [-0.39, 0.29) is 5.75 Å². The fourth-order valence-electron chi connectivity index (χ4n) is 2.09. The SMILES string of the molecule is CN1CCN(S(=O)(=O)CCc2ccc(Br)cc2)CC1. The molecule has 0 aliphatic carbocycles. The molecule has 106 valence electrons. The first-order valence-electron chi connectivity index (χ1n) is 6.38. The number of benzene rings is 1. The van der Waals surface area contributed by atoms with Gasteiger partial charge in [0.2, 0.25) is 10.0 Å². The van der Waals surface area contributed by atoms with Crippen molar-refractivity contribution in [3.63, 3.8) is 0 Å². The van der Waals surface area contributed by atoms with Crippen LogP contribution >= 0.6 is 15.9 Å². The first kappa shape index (κ1) is 15.0. The van der Waals surface area contributed by atoms with Crippen LogP contribution in [0.3, 0.4) is 0 Å². The number of hydrogen-bond acceptors (Lipinski definition) is 3. The van der Waals surface area contributed by atoms with Gasteiger partial charge < -0.3 is 4.90 Å². The van der Waals surface area contributed by atoms with Gasteiger partial charge in [0.1, 0.15) is 0 Å². The highest BCUT2D eigenvalue weighted by Crippen LogP contribution is 2.13. The number of rotatable bonds is 4. The number of likely N-dealkylation sites (N-methyl/N-ethyl adjacent to an activating group) is 1. The van der Waals surface area contributed by atoms with Crippen molar-refractivity contribution in [1.82, 2.24) is 9.21 Å². The van der Waals surface area contributed by atoms with Crippen LogP contribution in [0.15, 0.2) is 28.7 Å². The van der Waals surface area contributed by atoms with Crippen LogP contribution in [-0.4, -0.2) is 56.6 Å². The smallest absolute Gasteiger partial charge is 0.214 e. The van der Waals surface area contributed by atoms with Crippen LogP contribution in [0.2, 0.25) is 0 Å². The van der Waals surface area contributed by atoms with Gasteiger partial charge in [0.05, 0.1) is 5.75 Å². The molecule has 1 saturated heterocycles. The Morgan fingerprint density at radius 3 is 2.26 bits per heavy atom. The quantitative estimate of drug-likeness (QED) is 0.830. The summed E-state index contributed by atoms with van der Waals surface area (Å²) in [6.07, 6.45) is 0.571. The van der Waals surface area contributed by atoms with Crippen LogP contribution < -0.4 is 0 Å². The van der Waals surface area contributed by atoms with Gasteiger partial charge in [-0.25, -0.2) is 8.42 Å². The lowest BCUT2D eigenvalue weighted by Crippen LogP contribution is -2.47.